The molecule has 0 saturated heterocycles. The number of benzene rings is 1. The number of ether oxygens (including phenoxy) is 1. The molecule has 0 aliphatic heterocycles. The quantitative estimate of drug-likeness (QED) is 0.658. The van der Waals surface area contributed by atoms with Crippen LogP contribution in [-0.4, -0.2) is 16.9 Å². The summed E-state index contributed by atoms with van der Waals surface area (Å²) in [4.78, 5) is 0. The average molecular weight is 309 g/mol. The summed E-state index contributed by atoms with van der Waals surface area (Å²) in [6.45, 7) is 6.11. The topological polar surface area (TPSA) is 65.1 Å². The third-order valence-electron chi connectivity index (χ3n) is 3.42. The van der Waals surface area contributed by atoms with Crippen molar-refractivity contribution in [2.24, 2.45) is 5.84 Å². The minimum Gasteiger partial charge on any atom is -0.496 e. The van der Waals surface area contributed by atoms with E-state index >= 15 is 0 Å². The summed E-state index contributed by atoms with van der Waals surface area (Å²) in [5, 5.41) is 4.91. The van der Waals surface area contributed by atoms with Gasteiger partial charge in [0, 0.05) is 11.6 Å². The van der Waals surface area contributed by atoms with E-state index < -0.39 is 0 Å². The molecule has 1 aromatic carbocycles. The van der Waals surface area contributed by atoms with Gasteiger partial charge in [0.25, 0.3) is 0 Å². The first-order valence-electron chi connectivity index (χ1n) is 6.83. The second-order valence-corrected chi connectivity index (χ2v) is 5.67. The van der Waals surface area contributed by atoms with Gasteiger partial charge in [-0.3, -0.25) is 10.5 Å². The maximum absolute atomic E-state index is 6.32. The van der Waals surface area contributed by atoms with Crippen LogP contribution in [0.3, 0.4) is 0 Å². The molecule has 0 saturated carbocycles. The fourth-order valence-corrected chi connectivity index (χ4v) is 2.64. The first-order valence-corrected chi connectivity index (χ1v) is 7.21. The SMILES string of the molecule is COc1cc(C)ccc1C(NN)c1c(Cl)cnn1C(C)C. The van der Waals surface area contributed by atoms with Crippen molar-refractivity contribution in [1.29, 1.82) is 0 Å². The van der Waals surface area contributed by atoms with E-state index in [0.717, 1.165) is 22.6 Å². The molecule has 1 heterocycles. The zero-order valence-electron chi connectivity index (χ0n) is 12.7. The fourth-order valence-electron chi connectivity index (χ4n) is 2.41. The summed E-state index contributed by atoms with van der Waals surface area (Å²) in [5.74, 6) is 6.56. The predicted molar refractivity (Wildman–Crippen MR) is 84.5 cm³/mol. The van der Waals surface area contributed by atoms with Gasteiger partial charge in [0.2, 0.25) is 0 Å². The molecule has 0 radical (unpaired) electrons. The number of hydrazine groups is 1. The molecule has 1 aromatic heterocycles. The normalized spacial score (nSPS) is 12.7. The van der Waals surface area contributed by atoms with Crippen LogP contribution in [0.4, 0.5) is 0 Å². The van der Waals surface area contributed by atoms with Crippen LogP contribution >= 0.6 is 11.6 Å². The van der Waals surface area contributed by atoms with Crippen LogP contribution in [0.25, 0.3) is 0 Å². The number of aromatic nitrogens is 2. The number of nitrogens with two attached hydrogens (primary N) is 1. The Hall–Kier alpha value is -1.56. The maximum atomic E-state index is 6.32. The molecule has 0 aliphatic rings. The van der Waals surface area contributed by atoms with Crippen molar-refractivity contribution in [1.82, 2.24) is 15.2 Å². The molecule has 1 unspecified atom stereocenters. The van der Waals surface area contributed by atoms with Crippen LogP contribution < -0.4 is 16.0 Å². The number of rotatable bonds is 5. The molecule has 1 atom stereocenters. The van der Waals surface area contributed by atoms with E-state index in [1.165, 1.54) is 0 Å². The van der Waals surface area contributed by atoms with E-state index in [1.54, 1.807) is 13.3 Å². The Morgan fingerprint density at radius 2 is 2.10 bits per heavy atom. The summed E-state index contributed by atoms with van der Waals surface area (Å²) in [7, 11) is 1.65. The summed E-state index contributed by atoms with van der Waals surface area (Å²) in [6.07, 6.45) is 1.64. The van der Waals surface area contributed by atoms with Crippen LogP contribution in [-0.2, 0) is 0 Å². The van der Waals surface area contributed by atoms with Gasteiger partial charge in [0.1, 0.15) is 5.75 Å². The van der Waals surface area contributed by atoms with Gasteiger partial charge in [-0.25, -0.2) is 5.43 Å². The van der Waals surface area contributed by atoms with Crippen LogP contribution in [0, 0.1) is 6.92 Å². The number of nitrogens with zero attached hydrogens (tertiary/aromatic N) is 2. The monoisotopic (exact) mass is 308 g/mol. The highest BCUT2D eigenvalue weighted by molar-refractivity contribution is 6.31. The third-order valence-corrected chi connectivity index (χ3v) is 3.71. The number of nitrogens with one attached hydrogen (secondary N) is 1. The minimum atomic E-state index is -0.294. The minimum absolute atomic E-state index is 0.180. The zero-order valence-corrected chi connectivity index (χ0v) is 13.5. The third kappa shape index (κ3) is 3.05. The second-order valence-electron chi connectivity index (χ2n) is 5.26. The van der Waals surface area contributed by atoms with E-state index in [-0.39, 0.29) is 12.1 Å². The Morgan fingerprint density at radius 3 is 2.67 bits per heavy atom. The summed E-state index contributed by atoms with van der Waals surface area (Å²) in [5.41, 5.74) is 5.70. The van der Waals surface area contributed by atoms with Gasteiger partial charge >= 0.3 is 0 Å². The number of hydrogen-bond acceptors (Lipinski definition) is 4. The predicted octanol–water partition coefficient (Wildman–Crippen LogP) is 2.99. The highest BCUT2D eigenvalue weighted by Crippen LogP contribution is 2.34. The smallest absolute Gasteiger partial charge is 0.124 e. The highest BCUT2D eigenvalue weighted by atomic mass is 35.5. The largest absolute Gasteiger partial charge is 0.496 e. The van der Waals surface area contributed by atoms with Crippen molar-refractivity contribution in [2.75, 3.05) is 7.11 Å². The van der Waals surface area contributed by atoms with Crippen molar-refractivity contribution in [3.05, 3.63) is 46.2 Å². The van der Waals surface area contributed by atoms with Gasteiger partial charge in [-0.2, -0.15) is 5.10 Å². The van der Waals surface area contributed by atoms with Crippen molar-refractivity contribution in [3.8, 4) is 5.75 Å². The molecule has 21 heavy (non-hydrogen) atoms. The van der Waals surface area contributed by atoms with E-state index in [0.29, 0.717) is 5.02 Å². The molecule has 3 N–H and O–H groups in total. The van der Waals surface area contributed by atoms with E-state index in [4.69, 9.17) is 22.2 Å². The fraction of sp³-hybridized carbons (Fsp3) is 0.400. The molecule has 2 aromatic rings. The average Bonchev–Trinajstić information content (AvgIpc) is 2.83. The second kappa shape index (κ2) is 6.47. The van der Waals surface area contributed by atoms with Gasteiger partial charge in [-0.15, -0.1) is 0 Å². The van der Waals surface area contributed by atoms with Crippen LogP contribution in [0.2, 0.25) is 5.02 Å². The first kappa shape index (κ1) is 15.8. The van der Waals surface area contributed by atoms with Crippen LogP contribution in [0.5, 0.6) is 5.75 Å². The summed E-state index contributed by atoms with van der Waals surface area (Å²) < 4.78 is 7.35. The van der Waals surface area contributed by atoms with E-state index in [2.05, 4.69) is 10.5 Å². The number of halogens is 1. The van der Waals surface area contributed by atoms with Gasteiger partial charge in [-0.1, -0.05) is 23.7 Å². The van der Waals surface area contributed by atoms with Gasteiger partial charge in [0.15, 0.2) is 0 Å². The zero-order chi connectivity index (χ0) is 15.6. The number of hydrogen-bond donors (Lipinski definition) is 2. The molecular weight excluding hydrogens is 288 g/mol. The molecule has 0 spiro atoms. The van der Waals surface area contributed by atoms with Crippen LogP contribution in [0.1, 0.15) is 42.8 Å². The lowest BCUT2D eigenvalue weighted by molar-refractivity contribution is 0.399. The number of aryl methyl sites for hydroxylation is 1. The van der Waals surface area contributed by atoms with Crippen molar-refractivity contribution in [3.63, 3.8) is 0 Å². The Balaban J connectivity index is 2.57. The van der Waals surface area contributed by atoms with E-state index in [9.17, 15) is 0 Å². The first-order chi connectivity index (χ1) is 9.99. The number of methoxy groups -OCH3 is 1. The summed E-state index contributed by atoms with van der Waals surface area (Å²) >= 11 is 6.32. The standard InChI is InChI=1S/C15H21ClN4O/c1-9(2)20-15(12(16)8-18-20)14(19-17)11-6-5-10(3)7-13(11)21-4/h5-9,14,19H,17H2,1-4H3. The van der Waals surface area contributed by atoms with E-state index in [1.807, 2.05) is 43.7 Å². The molecule has 5 nitrogen and oxygen atoms in total. The Bertz CT molecular complexity index is 624. The molecule has 0 aliphatic carbocycles. The van der Waals surface area contributed by atoms with Gasteiger partial charge in [-0.05, 0) is 32.4 Å². The molecule has 0 fully saturated rings. The molecule has 2 rings (SSSR count). The lowest BCUT2D eigenvalue weighted by Gasteiger charge is -2.22. The Morgan fingerprint density at radius 1 is 1.38 bits per heavy atom. The lowest BCUT2D eigenvalue weighted by atomic mass is 10.0. The van der Waals surface area contributed by atoms with Crippen molar-refractivity contribution in [2.45, 2.75) is 32.9 Å². The molecule has 114 valence electrons. The highest BCUT2D eigenvalue weighted by Gasteiger charge is 2.25. The van der Waals surface area contributed by atoms with Gasteiger partial charge in [0.05, 0.1) is 30.1 Å². The maximum Gasteiger partial charge on any atom is 0.124 e. The van der Waals surface area contributed by atoms with Gasteiger partial charge < -0.3 is 4.74 Å². The Labute approximate surface area is 130 Å². The van der Waals surface area contributed by atoms with Crippen molar-refractivity contribution < 1.29 is 4.74 Å². The molecule has 6 heteroatoms. The lowest BCUT2D eigenvalue weighted by Crippen LogP contribution is -2.31. The summed E-state index contributed by atoms with van der Waals surface area (Å²) in [6, 6.07) is 5.88. The Kier molecular flexibility index (Phi) is 4.88. The molecular formula is C15H21ClN4O. The molecule has 0 bridgehead atoms. The molecule has 0 amide bonds. The van der Waals surface area contributed by atoms with Crippen molar-refractivity contribution >= 4 is 11.6 Å². The van der Waals surface area contributed by atoms with Crippen LogP contribution in [0.15, 0.2) is 24.4 Å².